The topological polar surface area (TPSA) is 49.0 Å². The molecule has 3 heterocycles. The summed E-state index contributed by atoms with van der Waals surface area (Å²) in [4.78, 5) is 0. The number of para-hydroxylation sites is 4. The summed E-state index contributed by atoms with van der Waals surface area (Å²) in [5.41, 5.74) is 18.2. The molecule has 0 aliphatic heterocycles. The van der Waals surface area contributed by atoms with Crippen molar-refractivity contribution in [3.63, 3.8) is 0 Å². The molecule has 10 rings (SSSR count). The van der Waals surface area contributed by atoms with Crippen molar-refractivity contribution in [3.05, 3.63) is 152 Å². The molecule has 0 aliphatic carbocycles. The van der Waals surface area contributed by atoms with Gasteiger partial charge in [-0.1, -0.05) is 84.9 Å². The molecule has 0 saturated carbocycles. The number of furan rings is 1. The van der Waals surface area contributed by atoms with Gasteiger partial charge < -0.3 is 19.3 Å². The molecule has 0 radical (unpaired) electrons. The van der Waals surface area contributed by atoms with Crippen LogP contribution in [0.2, 0.25) is 0 Å². The van der Waals surface area contributed by atoms with E-state index in [1.807, 2.05) is 18.2 Å². The first-order valence-corrected chi connectivity index (χ1v) is 15.6. The quantitative estimate of drug-likeness (QED) is 0.208. The monoisotopic (exact) mass is 589 g/mol. The van der Waals surface area contributed by atoms with E-state index in [1.165, 1.54) is 10.8 Å². The number of nitrogens with zero attached hydrogens (tertiary/aromatic N) is 2. The average Bonchev–Trinajstić information content (AvgIpc) is 3.76. The van der Waals surface area contributed by atoms with Crippen LogP contribution in [0.5, 0.6) is 0 Å². The van der Waals surface area contributed by atoms with E-state index in [0.29, 0.717) is 0 Å². The maximum Gasteiger partial charge on any atom is 0.145 e. The first kappa shape index (κ1) is 25.1. The highest BCUT2D eigenvalue weighted by Gasteiger charge is 2.21. The van der Waals surface area contributed by atoms with Crippen LogP contribution in [0.25, 0.3) is 88.1 Å². The fourth-order valence-corrected chi connectivity index (χ4v) is 7.54. The first-order valence-electron chi connectivity index (χ1n) is 15.6. The van der Waals surface area contributed by atoms with Crippen molar-refractivity contribution >= 4 is 71.2 Å². The molecular weight excluding hydrogens is 562 g/mol. The van der Waals surface area contributed by atoms with Gasteiger partial charge in [0.2, 0.25) is 0 Å². The van der Waals surface area contributed by atoms with Crippen molar-refractivity contribution in [3.8, 4) is 22.5 Å². The van der Waals surface area contributed by atoms with Gasteiger partial charge in [-0.15, -0.1) is 0 Å². The van der Waals surface area contributed by atoms with Crippen molar-refractivity contribution in [2.75, 3.05) is 5.73 Å². The summed E-state index contributed by atoms with van der Waals surface area (Å²) in [5, 5.41) is 6.91. The summed E-state index contributed by atoms with van der Waals surface area (Å²) in [7, 11) is 0. The number of anilines is 1. The zero-order valence-electron chi connectivity index (χ0n) is 24.8. The summed E-state index contributed by atoms with van der Waals surface area (Å²) in [6, 6.07) is 53.4. The molecule has 7 aromatic carbocycles. The number of nitrogen functional groups attached to an aromatic ring is 1. The molecule has 3 aromatic heterocycles. The molecule has 0 spiro atoms. The van der Waals surface area contributed by atoms with Crippen LogP contribution in [0.3, 0.4) is 0 Å². The average molecular weight is 590 g/mol. The van der Waals surface area contributed by atoms with E-state index in [1.54, 1.807) is 0 Å². The van der Waals surface area contributed by atoms with Gasteiger partial charge in [-0.25, -0.2) is 0 Å². The molecule has 0 atom stereocenters. The molecular formula is C42H27N3O. The Labute approximate surface area is 264 Å². The maximum atomic E-state index is 6.91. The molecule has 2 N–H and O–H groups in total. The van der Waals surface area contributed by atoms with Gasteiger partial charge in [-0.3, -0.25) is 0 Å². The predicted molar refractivity (Wildman–Crippen MR) is 192 cm³/mol. The number of aromatic nitrogens is 2. The van der Waals surface area contributed by atoms with E-state index < -0.39 is 0 Å². The lowest BCUT2D eigenvalue weighted by Crippen LogP contribution is -2.00. The Morgan fingerprint density at radius 3 is 1.89 bits per heavy atom. The summed E-state index contributed by atoms with van der Waals surface area (Å²) in [6.07, 6.45) is 0. The summed E-state index contributed by atoms with van der Waals surface area (Å²) in [5.74, 6) is 0. The van der Waals surface area contributed by atoms with Crippen LogP contribution in [0, 0.1) is 0 Å². The highest BCUT2D eigenvalue weighted by molar-refractivity contribution is 6.24. The minimum Gasteiger partial charge on any atom is -0.455 e. The Balaban J connectivity index is 1.32. The SMILES string of the molecule is Nc1cccc(-n2c3ccccc3c3ccccc32)c1-c1ccc2c(c1)c1c3oc4ccccc4c3ccc1n2-c1ccccc1. The Bertz CT molecular complexity index is 2760. The Morgan fingerprint density at radius 1 is 0.457 bits per heavy atom. The molecule has 10 aromatic rings. The summed E-state index contributed by atoms with van der Waals surface area (Å²) >= 11 is 0. The third-order valence-corrected chi connectivity index (χ3v) is 9.47. The number of benzene rings is 7. The molecule has 0 fully saturated rings. The maximum absolute atomic E-state index is 6.91. The van der Waals surface area contributed by atoms with Gasteiger partial charge in [0, 0.05) is 43.9 Å². The van der Waals surface area contributed by atoms with Gasteiger partial charge in [0.05, 0.1) is 33.1 Å². The van der Waals surface area contributed by atoms with Gasteiger partial charge in [0.15, 0.2) is 0 Å². The fourth-order valence-electron chi connectivity index (χ4n) is 7.54. The number of rotatable bonds is 3. The third kappa shape index (κ3) is 3.38. The van der Waals surface area contributed by atoms with Gasteiger partial charge in [-0.2, -0.15) is 0 Å². The second kappa shape index (κ2) is 9.37. The van der Waals surface area contributed by atoms with Crippen LogP contribution < -0.4 is 5.73 Å². The smallest absolute Gasteiger partial charge is 0.145 e. The standard InChI is InChI=1S/C42H27N3O/c43-33-16-10-19-37(45-34-17-7-4-13-28(34)29-14-5-8-18-35(29)45)40(33)26-21-23-36-32(25-26)41-38(44(36)27-11-2-1-3-12-27)24-22-31-30-15-6-9-20-39(30)46-42(31)41/h1-25H,43H2. The molecule has 4 nitrogen and oxygen atoms in total. The van der Waals surface area contributed by atoms with Gasteiger partial charge in [-0.05, 0) is 72.3 Å². The van der Waals surface area contributed by atoms with E-state index in [0.717, 1.165) is 83.0 Å². The molecule has 46 heavy (non-hydrogen) atoms. The molecule has 216 valence electrons. The zero-order valence-corrected chi connectivity index (χ0v) is 24.8. The van der Waals surface area contributed by atoms with Gasteiger partial charge in [0.1, 0.15) is 11.2 Å². The Morgan fingerprint density at radius 2 is 1.11 bits per heavy atom. The lowest BCUT2D eigenvalue weighted by atomic mass is 9.98. The minimum atomic E-state index is 0.736. The van der Waals surface area contributed by atoms with E-state index in [9.17, 15) is 0 Å². The van der Waals surface area contributed by atoms with Crippen molar-refractivity contribution in [1.82, 2.24) is 9.13 Å². The van der Waals surface area contributed by atoms with Gasteiger partial charge >= 0.3 is 0 Å². The first-order chi connectivity index (χ1) is 22.8. The predicted octanol–water partition coefficient (Wildman–Crippen LogP) is 11.0. The van der Waals surface area contributed by atoms with Crippen molar-refractivity contribution in [1.29, 1.82) is 0 Å². The molecule has 0 amide bonds. The van der Waals surface area contributed by atoms with Crippen molar-refractivity contribution in [2.45, 2.75) is 0 Å². The van der Waals surface area contributed by atoms with Crippen LogP contribution in [0.15, 0.2) is 156 Å². The van der Waals surface area contributed by atoms with E-state index in [2.05, 4.69) is 143 Å². The highest BCUT2D eigenvalue weighted by atomic mass is 16.3. The number of fused-ring (bicyclic) bond motifs is 10. The van der Waals surface area contributed by atoms with Crippen LogP contribution in [0.4, 0.5) is 5.69 Å². The third-order valence-electron chi connectivity index (χ3n) is 9.47. The van der Waals surface area contributed by atoms with E-state index in [-0.39, 0.29) is 0 Å². The zero-order chi connectivity index (χ0) is 30.4. The lowest BCUT2D eigenvalue weighted by molar-refractivity contribution is 0.673. The normalized spacial score (nSPS) is 12.0. The fraction of sp³-hybridized carbons (Fsp3) is 0. The van der Waals surface area contributed by atoms with Crippen molar-refractivity contribution in [2.24, 2.45) is 0 Å². The number of hydrogen-bond acceptors (Lipinski definition) is 2. The lowest BCUT2D eigenvalue weighted by Gasteiger charge is -2.16. The van der Waals surface area contributed by atoms with E-state index in [4.69, 9.17) is 10.2 Å². The highest BCUT2D eigenvalue weighted by Crippen LogP contribution is 2.44. The largest absolute Gasteiger partial charge is 0.455 e. The summed E-state index contributed by atoms with van der Waals surface area (Å²) in [6.45, 7) is 0. The molecule has 4 heteroatoms. The van der Waals surface area contributed by atoms with Crippen LogP contribution >= 0.6 is 0 Å². The minimum absolute atomic E-state index is 0.736. The Hall–Kier alpha value is -6.26. The van der Waals surface area contributed by atoms with Crippen LogP contribution in [0.1, 0.15) is 0 Å². The van der Waals surface area contributed by atoms with E-state index >= 15 is 0 Å². The molecule has 0 unspecified atom stereocenters. The second-order valence-electron chi connectivity index (χ2n) is 11.9. The number of nitrogens with two attached hydrogens (primary N) is 1. The van der Waals surface area contributed by atoms with Crippen molar-refractivity contribution < 1.29 is 4.42 Å². The van der Waals surface area contributed by atoms with Crippen LogP contribution in [-0.2, 0) is 0 Å². The molecule has 0 aliphatic rings. The van der Waals surface area contributed by atoms with Gasteiger partial charge in [0.25, 0.3) is 0 Å². The molecule has 0 bridgehead atoms. The Kier molecular flexibility index (Phi) is 5.11. The summed E-state index contributed by atoms with van der Waals surface area (Å²) < 4.78 is 11.3. The van der Waals surface area contributed by atoms with Crippen LogP contribution in [-0.4, -0.2) is 9.13 Å². The number of hydrogen-bond donors (Lipinski definition) is 1. The second-order valence-corrected chi connectivity index (χ2v) is 11.9. The molecule has 0 saturated heterocycles.